The molecule has 20 nitrogen and oxygen atoms in total. The molecule has 2 aliphatic rings. The molecule has 3 N–H and O–H groups in total. The van der Waals surface area contributed by atoms with Gasteiger partial charge in [-0.05, 0) is 80.6 Å². The number of hydrogen-bond donors (Lipinski definition) is 3. The van der Waals surface area contributed by atoms with Gasteiger partial charge < -0.3 is 35.0 Å². The van der Waals surface area contributed by atoms with Crippen LogP contribution >= 0.6 is 11.6 Å². The number of ether oxygens (including phenoxy) is 2. The first-order valence-electron chi connectivity index (χ1n) is 19.2. The Balaban J connectivity index is 1.13. The number of anilines is 1. The summed E-state index contributed by atoms with van der Waals surface area (Å²) in [7, 11) is -2.10. The van der Waals surface area contributed by atoms with E-state index in [1.807, 2.05) is 0 Å². The minimum atomic E-state index is -4.73. The van der Waals surface area contributed by atoms with Crippen LogP contribution in [0, 0.1) is 10.1 Å². The number of carboxylic acids is 1. The van der Waals surface area contributed by atoms with E-state index in [1.165, 1.54) is 9.80 Å². The van der Waals surface area contributed by atoms with Crippen molar-refractivity contribution in [3.05, 3.63) is 97.6 Å². The van der Waals surface area contributed by atoms with Crippen LogP contribution in [0.3, 0.4) is 0 Å². The second-order valence-corrected chi connectivity index (χ2v) is 17.9. The van der Waals surface area contributed by atoms with E-state index in [2.05, 4.69) is 10.6 Å². The highest BCUT2D eigenvalue weighted by Gasteiger charge is 2.44. The van der Waals surface area contributed by atoms with Crippen LogP contribution in [0.2, 0.25) is 5.02 Å². The van der Waals surface area contributed by atoms with Crippen LogP contribution in [0.15, 0.2) is 59.5 Å². The third-order valence-corrected chi connectivity index (χ3v) is 12.0. The number of fused-ring (bicyclic) bond motifs is 1. The Morgan fingerprint density at radius 1 is 1.03 bits per heavy atom. The van der Waals surface area contributed by atoms with Crippen LogP contribution in [0.5, 0.6) is 0 Å². The summed E-state index contributed by atoms with van der Waals surface area (Å²) in [6, 6.07) is 10.6. The lowest BCUT2D eigenvalue weighted by atomic mass is 10.0. The standard InChI is InChI=1S/C40H46ClN7O13S/c1-40(2,3)61-39(55)44(4)15-17-60-16-14-25-7-9-28(20-30(25)41)43-38(54)42-21-24-6-10-29-27(18-24)22-46(35(29)50)31-11-13-34(49)47(36(31)51)23-45(5)62(58,59)33-12-8-26(37(52)53)19-32(33)48(56)57/h6-10,12,18-20,31H,11,13-17,21-23H2,1-5H3,(H,52,53)(H2,42,43,54). The molecule has 0 saturated carbocycles. The summed E-state index contributed by atoms with van der Waals surface area (Å²) in [5.74, 6) is -3.57. The number of benzene rings is 3. The normalized spacial score (nSPS) is 15.4. The molecular formula is C40H46ClN7O13S. The number of urea groups is 1. The molecule has 3 aromatic carbocycles. The molecule has 62 heavy (non-hydrogen) atoms. The Labute approximate surface area is 361 Å². The predicted octanol–water partition coefficient (Wildman–Crippen LogP) is 4.45. The Morgan fingerprint density at radius 3 is 2.42 bits per heavy atom. The van der Waals surface area contributed by atoms with Gasteiger partial charge in [0.2, 0.25) is 5.91 Å². The van der Waals surface area contributed by atoms with Crippen molar-refractivity contribution in [1.29, 1.82) is 0 Å². The highest BCUT2D eigenvalue weighted by atomic mass is 35.5. The lowest BCUT2D eigenvalue weighted by molar-refractivity contribution is -0.387. The number of aromatic carboxylic acids is 1. The summed E-state index contributed by atoms with van der Waals surface area (Å²) in [6.45, 7) is 5.60. The number of halogens is 1. The van der Waals surface area contributed by atoms with Gasteiger partial charge in [-0.25, -0.2) is 22.8 Å². The molecule has 0 aliphatic carbocycles. The molecule has 1 unspecified atom stereocenters. The molecule has 1 atom stereocenters. The molecule has 0 bridgehead atoms. The molecule has 1 saturated heterocycles. The van der Waals surface area contributed by atoms with Gasteiger partial charge in [-0.2, -0.15) is 4.31 Å². The monoisotopic (exact) mass is 899 g/mol. The van der Waals surface area contributed by atoms with E-state index < -0.39 is 85.2 Å². The summed E-state index contributed by atoms with van der Waals surface area (Å²) in [5.41, 5.74) is 0.626. The second-order valence-electron chi connectivity index (χ2n) is 15.5. The molecule has 5 rings (SSSR count). The van der Waals surface area contributed by atoms with Crippen LogP contribution in [-0.2, 0) is 48.6 Å². The third kappa shape index (κ3) is 11.2. The maximum absolute atomic E-state index is 13.7. The smallest absolute Gasteiger partial charge is 0.410 e. The van der Waals surface area contributed by atoms with Gasteiger partial charge in [0.1, 0.15) is 11.6 Å². The molecule has 0 spiro atoms. The van der Waals surface area contributed by atoms with Crippen molar-refractivity contribution in [3.63, 3.8) is 0 Å². The van der Waals surface area contributed by atoms with Crippen molar-refractivity contribution in [2.24, 2.45) is 0 Å². The molecular weight excluding hydrogens is 854 g/mol. The lowest BCUT2D eigenvalue weighted by Crippen LogP contribution is -2.57. The highest BCUT2D eigenvalue weighted by Crippen LogP contribution is 2.32. The van der Waals surface area contributed by atoms with Crippen molar-refractivity contribution < 1.29 is 56.7 Å². The van der Waals surface area contributed by atoms with Gasteiger partial charge in [0.05, 0.1) is 30.4 Å². The fraction of sp³-hybridized carbons (Fsp3) is 0.400. The van der Waals surface area contributed by atoms with E-state index in [4.69, 9.17) is 21.1 Å². The molecule has 0 aromatic heterocycles. The summed E-state index contributed by atoms with van der Waals surface area (Å²) in [6.07, 6.45) is -0.185. The van der Waals surface area contributed by atoms with Crippen LogP contribution in [0.25, 0.3) is 0 Å². The Morgan fingerprint density at radius 2 is 1.76 bits per heavy atom. The van der Waals surface area contributed by atoms with Gasteiger partial charge in [0.15, 0.2) is 4.90 Å². The first-order valence-corrected chi connectivity index (χ1v) is 21.0. The SMILES string of the molecule is CN(CCOCCc1ccc(NC(=O)NCc2ccc3c(c2)CN(C2CCC(=O)N(CN(C)S(=O)(=O)c4ccc(C(=O)O)cc4[N+](=O)[O-])C2=O)C3=O)cc1Cl)C(=O)OC(C)(C)C. The Hall–Kier alpha value is -6.16. The third-order valence-electron chi connectivity index (χ3n) is 9.85. The van der Waals surface area contributed by atoms with E-state index in [0.717, 1.165) is 24.7 Å². The molecule has 2 aliphatic heterocycles. The summed E-state index contributed by atoms with van der Waals surface area (Å²) in [4.78, 5) is 89.6. The Bertz CT molecular complexity index is 2410. The zero-order valence-electron chi connectivity index (χ0n) is 34.5. The minimum absolute atomic E-state index is 0.0120. The maximum atomic E-state index is 13.7. The van der Waals surface area contributed by atoms with E-state index >= 15 is 0 Å². The van der Waals surface area contributed by atoms with E-state index in [9.17, 15) is 52.4 Å². The first-order chi connectivity index (χ1) is 29.1. The molecule has 0 radical (unpaired) electrons. The number of carbonyl (C=O) groups excluding carboxylic acids is 5. The second kappa shape index (κ2) is 19.3. The van der Waals surface area contributed by atoms with Crippen molar-refractivity contribution in [2.75, 3.05) is 45.8 Å². The number of nitrogens with one attached hydrogen (secondary N) is 2. The lowest BCUT2D eigenvalue weighted by Gasteiger charge is -2.36. The largest absolute Gasteiger partial charge is 0.478 e. The molecule has 6 amide bonds. The number of sulfonamides is 1. The van der Waals surface area contributed by atoms with E-state index in [0.29, 0.717) is 68.9 Å². The zero-order valence-corrected chi connectivity index (χ0v) is 36.1. The quantitative estimate of drug-likeness (QED) is 0.0779. The number of carboxylic acid groups (broad SMARTS) is 1. The highest BCUT2D eigenvalue weighted by molar-refractivity contribution is 7.89. The number of imide groups is 1. The first kappa shape index (κ1) is 46.9. The fourth-order valence-electron chi connectivity index (χ4n) is 6.57. The number of piperidine rings is 1. The minimum Gasteiger partial charge on any atom is -0.478 e. The number of nitrogens with zero attached hydrogens (tertiary/aromatic N) is 5. The average molecular weight is 900 g/mol. The summed E-state index contributed by atoms with van der Waals surface area (Å²) >= 11 is 6.47. The van der Waals surface area contributed by atoms with E-state index in [1.54, 1.807) is 64.2 Å². The molecule has 1 fully saturated rings. The number of nitro benzene ring substituents is 1. The predicted molar refractivity (Wildman–Crippen MR) is 222 cm³/mol. The van der Waals surface area contributed by atoms with Gasteiger partial charge in [-0.1, -0.05) is 29.8 Å². The van der Waals surface area contributed by atoms with Crippen molar-refractivity contribution in [3.8, 4) is 0 Å². The van der Waals surface area contributed by atoms with Crippen LogP contribution in [0.1, 0.15) is 71.0 Å². The average Bonchev–Trinajstić information content (AvgIpc) is 3.52. The molecule has 332 valence electrons. The topological polar surface area (TPSA) is 255 Å². The molecule has 22 heteroatoms. The number of hydrogen-bond acceptors (Lipinski definition) is 12. The van der Waals surface area contributed by atoms with Crippen LogP contribution < -0.4 is 10.6 Å². The molecule has 3 aromatic rings. The summed E-state index contributed by atoms with van der Waals surface area (Å²) in [5, 5.41) is 26.8. The van der Waals surface area contributed by atoms with Crippen molar-refractivity contribution >= 4 is 68.8 Å². The number of nitro groups is 1. The number of likely N-dealkylation sites (N-methyl/N-ethyl adjacent to an activating group) is 1. The molecule has 2 heterocycles. The number of amides is 6. The van der Waals surface area contributed by atoms with Crippen LogP contribution in [0.4, 0.5) is 21.0 Å². The Kier molecular flexibility index (Phi) is 14.6. The van der Waals surface area contributed by atoms with Gasteiger partial charge in [0, 0.05) is 62.5 Å². The fourth-order valence-corrected chi connectivity index (χ4v) is 8.09. The zero-order chi connectivity index (χ0) is 45.7. The van der Waals surface area contributed by atoms with Crippen LogP contribution in [-0.4, -0.2) is 125 Å². The van der Waals surface area contributed by atoms with Gasteiger partial charge in [-0.15, -0.1) is 0 Å². The number of carbonyl (C=O) groups is 6. The number of likely N-dealkylation sites (tertiary alicyclic amines) is 1. The maximum Gasteiger partial charge on any atom is 0.410 e. The van der Waals surface area contributed by atoms with Gasteiger partial charge in [-0.3, -0.25) is 29.4 Å². The van der Waals surface area contributed by atoms with Crippen molar-refractivity contribution in [1.82, 2.24) is 24.3 Å². The summed E-state index contributed by atoms with van der Waals surface area (Å²) < 4.78 is 38.4. The van der Waals surface area contributed by atoms with E-state index in [-0.39, 0.29) is 25.9 Å². The number of rotatable bonds is 16. The van der Waals surface area contributed by atoms with Crippen molar-refractivity contribution in [2.45, 2.75) is 69.7 Å². The van der Waals surface area contributed by atoms with Gasteiger partial charge >= 0.3 is 18.1 Å². The van der Waals surface area contributed by atoms with Gasteiger partial charge in [0.25, 0.3) is 27.5 Å².